The van der Waals surface area contributed by atoms with Gasteiger partial charge in [-0.1, -0.05) is 88.4 Å². The molecule has 0 aliphatic rings. The van der Waals surface area contributed by atoms with Crippen LogP contribution in [0.1, 0.15) is 49.9 Å². The van der Waals surface area contributed by atoms with Crippen LogP contribution in [0.25, 0.3) is 22.6 Å². The first kappa shape index (κ1) is 35.3. The van der Waals surface area contributed by atoms with E-state index in [-0.39, 0.29) is 0 Å². The van der Waals surface area contributed by atoms with Crippen molar-refractivity contribution in [2.75, 3.05) is 28.4 Å². The van der Waals surface area contributed by atoms with Gasteiger partial charge in [-0.2, -0.15) is 0 Å². The summed E-state index contributed by atoms with van der Waals surface area (Å²) in [6.07, 6.45) is 1.65. The van der Waals surface area contributed by atoms with Crippen LogP contribution in [0.5, 0.6) is 34.5 Å². The SMILES string of the molecule is COc1cc(-c2oc(-c3cc(OC)c(OCc4ccccc4)c(OC)c3)c(CC(C)C)c2CC(C)C)cc(OC)c1OCc1ccccc1. The second-order valence-electron chi connectivity index (χ2n) is 12.9. The molecule has 4 aromatic carbocycles. The minimum Gasteiger partial charge on any atom is -0.493 e. The molecule has 0 saturated heterocycles. The van der Waals surface area contributed by atoms with Crippen LogP contribution in [0, 0.1) is 11.8 Å². The number of ether oxygens (including phenoxy) is 6. The molecular weight excluding hydrogens is 616 g/mol. The molecule has 0 N–H and O–H groups in total. The molecule has 0 unspecified atom stereocenters. The van der Waals surface area contributed by atoms with Crippen LogP contribution in [0.15, 0.2) is 89.3 Å². The number of hydrogen-bond acceptors (Lipinski definition) is 7. The minimum absolute atomic E-state index is 0.379. The molecule has 1 heterocycles. The van der Waals surface area contributed by atoms with Crippen LogP contribution in [0.2, 0.25) is 0 Å². The van der Waals surface area contributed by atoms with Crippen LogP contribution in [-0.4, -0.2) is 28.4 Å². The van der Waals surface area contributed by atoms with Gasteiger partial charge in [0.15, 0.2) is 23.0 Å². The number of benzene rings is 4. The van der Waals surface area contributed by atoms with Crippen LogP contribution < -0.4 is 28.4 Å². The van der Waals surface area contributed by atoms with Crippen LogP contribution in [-0.2, 0) is 26.1 Å². The van der Waals surface area contributed by atoms with E-state index in [1.807, 2.05) is 84.9 Å². The molecule has 0 bridgehead atoms. The van der Waals surface area contributed by atoms with Crippen molar-refractivity contribution < 1.29 is 32.8 Å². The Bertz CT molecular complexity index is 1620. The van der Waals surface area contributed by atoms with Crippen molar-refractivity contribution in [3.8, 4) is 57.1 Å². The third kappa shape index (κ3) is 8.34. The second-order valence-corrected chi connectivity index (χ2v) is 12.9. The summed E-state index contributed by atoms with van der Waals surface area (Å²) in [6, 6.07) is 27.9. The van der Waals surface area contributed by atoms with Crippen molar-refractivity contribution in [1.82, 2.24) is 0 Å². The summed E-state index contributed by atoms with van der Waals surface area (Å²) < 4.78 is 43.0. The maximum Gasteiger partial charge on any atom is 0.203 e. The number of rotatable bonds is 16. The van der Waals surface area contributed by atoms with E-state index in [1.54, 1.807) is 28.4 Å². The first-order valence-electron chi connectivity index (χ1n) is 16.8. The number of furan rings is 1. The number of hydrogen-bond donors (Lipinski definition) is 0. The maximum absolute atomic E-state index is 6.95. The van der Waals surface area contributed by atoms with E-state index in [1.165, 1.54) is 0 Å². The molecule has 0 saturated carbocycles. The van der Waals surface area contributed by atoms with E-state index in [9.17, 15) is 0 Å². The van der Waals surface area contributed by atoms with Gasteiger partial charge in [0, 0.05) is 22.3 Å². The number of methoxy groups -OCH3 is 4. The van der Waals surface area contributed by atoms with Crippen molar-refractivity contribution in [3.05, 3.63) is 107 Å². The van der Waals surface area contributed by atoms with Gasteiger partial charge < -0.3 is 32.8 Å². The summed E-state index contributed by atoms with van der Waals surface area (Å²) in [4.78, 5) is 0. The molecular formula is C42H48O7. The van der Waals surface area contributed by atoms with Crippen molar-refractivity contribution in [3.63, 3.8) is 0 Å². The van der Waals surface area contributed by atoms with Gasteiger partial charge in [0.2, 0.25) is 11.5 Å². The Morgan fingerprint density at radius 1 is 0.490 bits per heavy atom. The lowest BCUT2D eigenvalue weighted by Crippen LogP contribution is -2.04. The standard InChI is InChI=1S/C42H48O7/c1-27(2)19-33-34(20-28(3)4)40(32-23-37(45-7)42(38(24-32)46-8)48-26-30-17-13-10-14-18-30)49-39(33)31-21-35(43-5)41(36(22-31)44-6)47-25-29-15-11-9-12-16-29/h9-18,21-24,27-28H,19-20,25-26H2,1-8H3. The van der Waals surface area contributed by atoms with Gasteiger partial charge >= 0.3 is 0 Å². The Morgan fingerprint density at radius 3 is 1.10 bits per heavy atom. The fraction of sp³-hybridized carbons (Fsp3) is 0.333. The van der Waals surface area contributed by atoms with Crippen LogP contribution in [0.3, 0.4) is 0 Å². The second kappa shape index (κ2) is 16.4. The third-order valence-corrected chi connectivity index (χ3v) is 8.24. The van der Waals surface area contributed by atoms with E-state index in [0.717, 1.165) is 57.7 Å². The Balaban J connectivity index is 1.63. The fourth-order valence-corrected chi connectivity index (χ4v) is 5.98. The molecule has 1 aromatic heterocycles. The normalized spacial score (nSPS) is 11.1. The minimum atomic E-state index is 0.379. The molecule has 5 aromatic rings. The van der Waals surface area contributed by atoms with Gasteiger partial charge in [-0.25, -0.2) is 0 Å². The molecule has 0 aliphatic heterocycles. The van der Waals surface area contributed by atoms with Crippen molar-refractivity contribution in [2.45, 2.75) is 53.8 Å². The summed E-state index contributed by atoms with van der Waals surface area (Å²) in [5, 5.41) is 0. The summed E-state index contributed by atoms with van der Waals surface area (Å²) in [6.45, 7) is 9.65. The predicted molar refractivity (Wildman–Crippen MR) is 194 cm³/mol. The Kier molecular flexibility index (Phi) is 11.8. The molecule has 0 aliphatic carbocycles. The first-order valence-corrected chi connectivity index (χ1v) is 16.8. The molecule has 0 amide bonds. The van der Waals surface area contributed by atoms with E-state index in [0.29, 0.717) is 59.5 Å². The highest BCUT2D eigenvalue weighted by molar-refractivity contribution is 5.78. The van der Waals surface area contributed by atoms with Gasteiger partial charge in [0.05, 0.1) is 28.4 Å². The monoisotopic (exact) mass is 664 g/mol. The molecule has 5 rings (SSSR count). The van der Waals surface area contributed by atoms with Gasteiger partial charge in [-0.3, -0.25) is 0 Å². The van der Waals surface area contributed by atoms with Gasteiger partial charge in [0.1, 0.15) is 24.7 Å². The van der Waals surface area contributed by atoms with Gasteiger partial charge in [-0.15, -0.1) is 0 Å². The van der Waals surface area contributed by atoms with E-state index >= 15 is 0 Å². The first-order chi connectivity index (χ1) is 23.8. The van der Waals surface area contributed by atoms with Crippen molar-refractivity contribution in [2.24, 2.45) is 11.8 Å². The third-order valence-electron chi connectivity index (χ3n) is 8.24. The van der Waals surface area contributed by atoms with Crippen LogP contribution in [0.4, 0.5) is 0 Å². The molecule has 258 valence electrons. The van der Waals surface area contributed by atoms with Crippen molar-refractivity contribution in [1.29, 1.82) is 0 Å². The zero-order valence-corrected chi connectivity index (χ0v) is 29.9. The summed E-state index contributed by atoms with van der Waals surface area (Å²) in [7, 11) is 6.56. The lowest BCUT2D eigenvalue weighted by atomic mass is 9.90. The molecule has 7 heteroatoms. The fourth-order valence-electron chi connectivity index (χ4n) is 5.98. The Labute approximate surface area is 290 Å². The average molecular weight is 665 g/mol. The van der Waals surface area contributed by atoms with E-state index in [4.69, 9.17) is 32.8 Å². The highest BCUT2D eigenvalue weighted by Crippen LogP contribution is 2.48. The average Bonchev–Trinajstić information content (AvgIpc) is 3.45. The quantitative estimate of drug-likeness (QED) is 0.104. The zero-order chi connectivity index (χ0) is 34.9. The predicted octanol–water partition coefficient (Wildman–Crippen LogP) is 10.2. The molecule has 7 nitrogen and oxygen atoms in total. The van der Waals surface area contributed by atoms with Gasteiger partial charge in [0.25, 0.3) is 0 Å². The lowest BCUT2D eigenvalue weighted by molar-refractivity contribution is 0.266. The van der Waals surface area contributed by atoms with Crippen LogP contribution >= 0.6 is 0 Å². The van der Waals surface area contributed by atoms with E-state index < -0.39 is 0 Å². The maximum atomic E-state index is 6.95. The molecule has 0 spiro atoms. The smallest absolute Gasteiger partial charge is 0.203 e. The molecule has 0 fully saturated rings. The van der Waals surface area contributed by atoms with Crippen molar-refractivity contribution >= 4 is 0 Å². The molecule has 0 radical (unpaired) electrons. The molecule has 49 heavy (non-hydrogen) atoms. The summed E-state index contributed by atoms with van der Waals surface area (Å²) >= 11 is 0. The highest BCUT2D eigenvalue weighted by atomic mass is 16.5. The Morgan fingerprint density at radius 2 is 0.816 bits per heavy atom. The Hall–Kier alpha value is -5.04. The highest BCUT2D eigenvalue weighted by Gasteiger charge is 2.28. The van der Waals surface area contributed by atoms with Gasteiger partial charge in [-0.05, 0) is 60.1 Å². The summed E-state index contributed by atoms with van der Waals surface area (Å²) in [5.41, 5.74) is 6.09. The molecule has 0 atom stereocenters. The lowest BCUT2D eigenvalue weighted by Gasteiger charge is -2.17. The topological polar surface area (TPSA) is 68.5 Å². The largest absolute Gasteiger partial charge is 0.493 e. The summed E-state index contributed by atoms with van der Waals surface area (Å²) in [5.74, 6) is 5.63. The zero-order valence-electron chi connectivity index (χ0n) is 29.9. The van der Waals surface area contributed by atoms with E-state index in [2.05, 4.69) is 27.7 Å².